The van der Waals surface area contributed by atoms with Gasteiger partial charge in [0, 0.05) is 12.2 Å². The molecule has 26 heavy (non-hydrogen) atoms. The van der Waals surface area contributed by atoms with E-state index in [0.717, 1.165) is 18.4 Å². The number of carbonyl (C=O) groups is 1. The predicted octanol–water partition coefficient (Wildman–Crippen LogP) is 5.63. The molecule has 0 amide bonds. The molecular weight excluding hydrogens is 320 g/mol. The third kappa shape index (κ3) is 4.90. The first kappa shape index (κ1) is 18.1. The lowest BCUT2D eigenvalue weighted by molar-refractivity contribution is 0.0783. The van der Waals surface area contributed by atoms with Gasteiger partial charge in [0.15, 0.2) is 5.78 Å². The average Bonchev–Trinajstić information content (AvgIpc) is 2.70. The van der Waals surface area contributed by atoms with E-state index in [1.807, 2.05) is 60.7 Å². The first-order chi connectivity index (χ1) is 12.7. The number of hydrogen-bond acceptors (Lipinski definition) is 2. The second-order valence-electron chi connectivity index (χ2n) is 6.43. The van der Waals surface area contributed by atoms with Crippen LogP contribution in [-0.4, -0.2) is 12.4 Å². The fourth-order valence-corrected chi connectivity index (χ4v) is 3.02. The molecule has 2 nitrogen and oxygen atoms in total. The summed E-state index contributed by atoms with van der Waals surface area (Å²) in [5, 5.41) is 0. The van der Waals surface area contributed by atoms with Crippen molar-refractivity contribution in [3.63, 3.8) is 0 Å². The van der Waals surface area contributed by atoms with Crippen LogP contribution in [0.2, 0.25) is 0 Å². The minimum Gasteiger partial charge on any atom is -0.369 e. The summed E-state index contributed by atoms with van der Waals surface area (Å²) in [6.45, 7) is 2.28. The van der Waals surface area contributed by atoms with E-state index in [4.69, 9.17) is 4.74 Å². The van der Waals surface area contributed by atoms with Gasteiger partial charge in [0.2, 0.25) is 0 Å². The van der Waals surface area contributed by atoms with Crippen molar-refractivity contribution in [2.45, 2.75) is 25.9 Å². The summed E-state index contributed by atoms with van der Waals surface area (Å²) in [4.78, 5) is 11.3. The molecule has 0 radical (unpaired) electrons. The van der Waals surface area contributed by atoms with Crippen molar-refractivity contribution < 1.29 is 9.53 Å². The van der Waals surface area contributed by atoms with Gasteiger partial charge in [0.05, 0.1) is 0 Å². The SMILES string of the molecule is CC(=O)c1ccc(CCCOC(c2ccccc2)c2ccccc2)cc1. The number of Topliss-reactive ketones (excluding diaryl/α,β-unsaturated/α-hetero) is 1. The van der Waals surface area contributed by atoms with Crippen LogP contribution in [0.15, 0.2) is 84.9 Å². The number of aryl methyl sites for hydroxylation is 1. The lowest BCUT2D eigenvalue weighted by Crippen LogP contribution is -2.08. The van der Waals surface area contributed by atoms with Gasteiger partial charge in [-0.15, -0.1) is 0 Å². The van der Waals surface area contributed by atoms with Gasteiger partial charge in [-0.1, -0.05) is 84.9 Å². The van der Waals surface area contributed by atoms with Gasteiger partial charge in [-0.05, 0) is 36.5 Å². The smallest absolute Gasteiger partial charge is 0.159 e. The Labute approximate surface area is 155 Å². The van der Waals surface area contributed by atoms with Crippen molar-refractivity contribution in [2.24, 2.45) is 0 Å². The molecule has 0 spiro atoms. The summed E-state index contributed by atoms with van der Waals surface area (Å²) in [6.07, 6.45) is 1.84. The zero-order valence-corrected chi connectivity index (χ0v) is 15.1. The standard InChI is InChI=1S/C24H24O2/c1-19(25)21-16-14-20(15-17-21)9-8-18-26-24(22-10-4-2-5-11-22)23-12-6-3-7-13-23/h2-7,10-17,24H,8-9,18H2,1H3. The molecule has 3 aromatic rings. The molecule has 132 valence electrons. The van der Waals surface area contributed by atoms with Crippen LogP contribution in [0.5, 0.6) is 0 Å². The van der Waals surface area contributed by atoms with E-state index in [1.165, 1.54) is 16.7 Å². The zero-order chi connectivity index (χ0) is 18.2. The Morgan fingerprint density at radius 2 is 1.35 bits per heavy atom. The van der Waals surface area contributed by atoms with Gasteiger partial charge in [-0.3, -0.25) is 4.79 Å². The number of hydrogen-bond donors (Lipinski definition) is 0. The highest BCUT2D eigenvalue weighted by Gasteiger charge is 2.13. The highest BCUT2D eigenvalue weighted by atomic mass is 16.5. The monoisotopic (exact) mass is 344 g/mol. The number of ether oxygens (including phenoxy) is 1. The molecule has 0 saturated carbocycles. The minimum absolute atomic E-state index is 0.0440. The number of benzene rings is 3. The molecule has 3 rings (SSSR count). The van der Waals surface area contributed by atoms with E-state index >= 15 is 0 Å². The van der Waals surface area contributed by atoms with Crippen molar-refractivity contribution in [1.82, 2.24) is 0 Å². The van der Waals surface area contributed by atoms with Gasteiger partial charge in [-0.25, -0.2) is 0 Å². The fourth-order valence-electron chi connectivity index (χ4n) is 3.02. The van der Waals surface area contributed by atoms with E-state index in [9.17, 15) is 4.79 Å². The summed E-state index contributed by atoms with van der Waals surface area (Å²) in [7, 11) is 0. The van der Waals surface area contributed by atoms with Crippen LogP contribution < -0.4 is 0 Å². The van der Waals surface area contributed by atoms with Crippen molar-refractivity contribution >= 4 is 5.78 Å². The summed E-state index contributed by atoms with van der Waals surface area (Å²) in [5.74, 6) is 0.105. The lowest BCUT2D eigenvalue weighted by Gasteiger charge is -2.19. The summed E-state index contributed by atoms with van der Waals surface area (Å²) in [6, 6.07) is 28.5. The Kier molecular flexibility index (Phi) is 6.34. The molecule has 0 atom stereocenters. The molecule has 0 unspecified atom stereocenters. The van der Waals surface area contributed by atoms with Crippen LogP contribution in [-0.2, 0) is 11.2 Å². The highest BCUT2D eigenvalue weighted by molar-refractivity contribution is 5.93. The Morgan fingerprint density at radius 1 is 0.808 bits per heavy atom. The van der Waals surface area contributed by atoms with Gasteiger partial charge in [-0.2, -0.15) is 0 Å². The summed E-state index contributed by atoms with van der Waals surface area (Å²) < 4.78 is 6.24. The maximum atomic E-state index is 11.3. The molecule has 3 aromatic carbocycles. The topological polar surface area (TPSA) is 26.3 Å². The quantitative estimate of drug-likeness (QED) is 0.391. The molecule has 0 N–H and O–H groups in total. The molecule has 0 heterocycles. The van der Waals surface area contributed by atoms with Gasteiger partial charge in [0.1, 0.15) is 6.10 Å². The molecule has 0 bridgehead atoms. The number of ketones is 1. The molecule has 0 fully saturated rings. The Balaban J connectivity index is 1.59. The third-order valence-electron chi connectivity index (χ3n) is 4.46. The van der Waals surface area contributed by atoms with Crippen molar-refractivity contribution in [3.05, 3.63) is 107 Å². The maximum absolute atomic E-state index is 11.3. The van der Waals surface area contributed by atoms with Crippen LogP contribution >= 0.6 is 0 Å². The molecule has 0 aliphatic rings. The second-order valence-corrected chi connectivity index (χ2v) is 6.43. The number of carbonyl (C=O) groups excluding carboxylic acids is 1. The van der Waals surface area contributed by atoms with E-state index in [1.54, 1.807) is 6.92 Å². The minimum atomic E-state index is -0.0440. The first-order valence-electron chi connectivity index (χ1n) is 9.05. The average molecular weight is 344 g/mol. The molecule has 0 aliphatic heterocycles. The normalized spacial score (nSPS) is 10.8. The number of rotatable bonds is 8. The van der Waals surface area contributed by atoms with Gasteiger partial charge >= 0.3 is 0 Å². The van der Waals surface area contributed by atoms with Crippen molar-refractivity contribution in [2.75, 3.05) is 6.61 Å². The second kappa shape index (κ2) is 9.12. The van der Waals surface area contributed by atoms with Crippen LogP contribution in [0.3, 0.4) is 0 Å². The fraction of sp³-hybridized carbons (Fsp3) is 0.208. The van der Waals surface area contributed by atoms with E-state index in [2.05, 4.69) is 24.3 Å². The molecule has 0 saturated heterocycles. The van der Waals surface area contributed by atoms with Crippen LogP contribution in [0.4, 0.5) is 0 Å². The van der Waals surface area contributed by atoms with E-state index < -0.39 is 0 Å². The largest absolute Gasteiger partial charge is 0.369 e. The van der Waals surface area contributed by atoms with Crippen LogP contribution in [0.25, 0.3) is 0 Å². The molecular formula is C24H24O2. The lowest BCUT2D eigenvalue weighted by atomic mass is 10.0. The van der Waals surface area contributed by atoms with Gasteiger partial charge in [0.25, 0.3) is 0 Å². The van der Waals surface area contributed by atoms with Crippen molar-refractivity contribution in [3.8, 4) is 0 Å². The molecule has 0 aromatic heterocycles. The zero-order valence-electron chi connectivity index (χ0n) is 15.1. The maximum Gasteiger partial charge on any atom is 0.159 e. The van der Waals surface area contributed by atoms with E-state index in [-0.39, 0.29) is 11.9 Å². The van der Waals surface area contributed by atoms with Crippen LogP contribution in [0.1, 0.15) is 46.5 Å². The highest BCUT2D eigenvalue weighted by Crippen LogP contribution is 2.26. The predicted molar refractivity (Wildman–Crippen MR) is 105 cm³/mol. The molecule has 2 heteroatoms. The third-order valence-corrected chi connectivity index (χ3v) is 4.46. The first-order valence-corrected chi connectivity index (χ1v) is 9.05. The molecule has 0 aliphatic carbocycles. The van der Waals surface area contributed by atoms with E-state index in [0.29, 0.717) is 6.61 Å². The van der Waals surface area contributed by atoms with Crippen molar-refractivity contribution in [1.29, 1.82) is 0 Å². The van der Waals surface area contributed by atoms with Gasteiger partial charge < -0.3 is 4.74 Å². The Bertz CT molecular complexity index is 768. The Hall–Kier alpha value is -2.71. The summed E-state index contributed by atoms with van der Waals surface area (Å²) in [5.41, 5.74) is 4.34. The Morgan fingerprint density at radius 3 is 1.85 bits per heavy atom. The van der Waals surface area contributed by atoms with Crippen LogP contribution in [0, 0.1) is 0 Å². The summed E-state index contributed by atoms with van der Waals surface area (Å²) >= 11 is 0.